The number of hydrogen-bond donors (Lipinski definition) is 2. The van der Waals surface area contributed by atoms with Crippen LogP contribution in [0.15, 0.2) is 48.5 Å². The Labute approximate surface area is 311 Å². The van der Waals surface area contributed by atoms with Crippen LogP contribution in [0.5, 0.6) is 23.5 Å². The van der Waals surface area contributed by atoms with E-state index >= 15 is 0 Å². The third-order valence-corrected chi connectivity index (χ3v) is 9.49. The average molecular weight is 739 g/mol. The van der Waals surface area contributed by atoms with Crippen LogP contribution in [0.3, 0.4) is 0 Å². The maximum absolute atomic E-state index is 11.4. The second kappa shape index (κ2) is 17.9. The lowest BCUT2D eigenvalue weighted by molar-refractivity contribution is -0.146. The molecule has 9 nitrogen and oxygen atoms in total. The molecule has 0 atom stereocenters. The number of nitrogens with one attached hydrogen (secondary N) is 1. The zero-order valence-corrected chi connectivity index (χ0v) is 32.3. The number of aliphatic carboxylic acids is 1. The zero-order valence-electron chi connectivity index (χ0n) is 30.8. The summed E-state index contributed by atoms with van der Waals surface area (Å²) in [4.78, 5) is 20.6. The van der Waals surface area contributed by atoms with Gasteiger partial charge in [-0.05, 0) is 92.0 Å². The van der Waals surface area contributed by atoms with Crippen molar-refractivity contribution in [1.82, 2.24) is 15.3 Å². The van der Waals surface area contributed by atoms with E-state index in [9.17, 15) is 9.90 Å². The van der Waals surface area contributed by atoms with Crippen LogP contribution in [-0.2, 0) is 31.0 Å². The molecular formula is C40H49Cl2N3O6. The number of hydrogen-bond acceptors (Lipinski definition) is 8. The van der Waals surface area contributed by atoms with E-state index in [0.29, 0.717) is 52.3 Å². The normalized spacial score (nSPS) is 11.5. The van der Waals surface area contributed by atoms with Gasteiger partial charge < -0.3 is 29.4 Å². The van der Waals surface area contributed by atoms with E-state index in [1.807, 2.05) is 30.3 Å². The molecule has 0 aliphatic heterocycles. The maximum atomic E-state index is 11.4. The summed E-state index contributed by atoms with van der Waals surface area (Å²) in [6, 6.07) is 15.9. The smallest absolute Gasteiger partial charge is 0.310 e. The van der Waals surface area contributed by atoms with E-state index in [0.717, 1.165) is 58.2 Å². The molecule has 2 aromatic carbocycles. The van der Waals surface area contributed by atoms with E-state index in [1.54, 1.807) is 27.0 Å². The van der Waals surface area contributed by atoms with E-state index in [2.05, 4.69) is 55.1 Å². The quantitative estimate of drug-likeness (QED) is 0.103. The van der Waals surface area contributed by atoms with Crippen molar-refractivity contribution in [2.75, 3.05) is 20.8 Å². The lowest BCUT2D eigenvalue weighted by Crippen LogP contribution is -2.35. The Morgan fingerprint density at radius 2 is 1.29 bits per heavy atom. The van der Waals surface area contributed by atoms with Crippen molar-refractivity contribution in [3.8, 4) is 34.6 Å². The molecule has 0 bridgehead atoms. The van der Waals surface area contributed by atoms with Gasteiger partial charge in [-0.2, -0.15) is 9.97 Å². The first kappa shape index (κ1) is 39.7. The van der Waals surface area contributed by atoms with Crippen LogP contribution in [0.1, 0.15) is 73.9 Å². The molecular weight excluding hydrogens is 689 g/mol. The number of pyridine rings is 2. The predicted molar refractivity (Wildman–Crippen MR) is 203 cm³/mol. The second-order valence-electron chi connectivity index (χ2n) is 13.7. The van der Waals surface area contributed by atoms with Gasteiger partial charge in [0.1, 0.15) is 23.3 Å². The van der Waals surface area contributed by atoms with Crippen molar-refractivity contribution < 1.29 is 28.8 Å². The molecule has 4 rings (SSSR count). The highest BCUT2D eigenvalue weighted by Crippen LogP contribution is 2.35. The number of carboxylic acid groups (broad SMARTS) is 1. The van der Waals surface area contributed by atoms with Crippen LogP contribution in [-0.4, -0.2) is 41.8 Å². The molecule has 2 N–H and O–H groups in total. The minimum atomic E-state index is -0.923. The maximum Gasteiger partial charge on any atom is 0.310 e. The summed E-state index contributed by atoms with van der Waals surface area (Å²) in [5.74, 6) is 1.23. The molecule has 11 heteroatoms. The molecule has 0 radical (unpaired) electrons. The number of halogens is 2. The molecule has 274 valence electrons. The summed E-state index contributed by atoms with van der Waals surface area (Å²) in [5, 5.41) is 13.3. The van der Waals surface area contributed by atoms with Gasteiger partial charge in [-0.15, -0.1) is 0 Å². The summed E-state index contributed by atoms with van der Waals surface area (Å²) in [6.07, 6.45) is 3.00. The third kappa shape index (κ3) is 10.3. The van der Waals surface area contributed by atoms with Gasteiger partial charge >= 0.3 is 5.97 Å². The van der Waals surface area contributed by atoms with Gasteiger partial charge in [-0.3, -0.25) is 4.79 Å². The Kier molecular flexibility index (Phi) is 14.0. The summed E-state index contributed by atoms with van der Waals surface area (Å²) < 4.78 is 23.4. The molecule has 0 saturated heterocycles. The van der Waals surface area contributed by atoms with Crippen LogP contribution in [0.2, 0.25) is 10.0 Å². The minimum Gasteiger partial charge on any atom is -0.481 e. The van der Waals surface area contributed by atoms with Crippen molar-refractivity contribution in [1.29, 1.82) is 0 Å². The first-order valence-electron chi connectivity index (χ1n) is 17.1. The fourth-order valence-electron chi connectivity index (χ4n) is 5.69. The van der Waals surface area contributed by atoms with Gasteiger partial charge in [0.05, 0.1) is 19.6 Å². The summed E-state index contributed by atoms with van der Waals surface area (Å²) in [5.41, 5.74) is 7.03. The van der Waals surface area contributed by atoms with E-state index in [-0.39, 0.29) is 19.0 Å². The van der Waals surface area contributed by atoms with Gasteiger partial charge in [-0.1, -0.05) is 79.9 Å². The molecule has 0 amide bonds. The van der Waals surface area contributed by atoms with Crippen molar-refractivity contribution in [2.45, 2.75) is 80.6 Å². The fourth-order valence-corrected chi connectivity index (χ4v) is 6.15. The summed E-state index contributed by atoms with van der Waals surface area (Å²) in [6.45, 7) is 13.0. The number of methoxy groups -OCH3 is 2. The summed E-state index contributed by atoms with van der Waals surface area (Å²) >= 11 is 13.2. The first-order valence-corrected chi connectivity index (χ1v) is 17.8. The Morgan fingerprint density at radius 1 is 0.804 bits per heavy atom. The standard InChI is InChI=1S/C40H49Cl2N3O6/c1-24(2)12-9-13-27-18-33(41)37(44-35(27)48-7)50-21-28-14-10-16-31(25(28)3)32-17-11-15-29(26(32)4)22-51-38-34(42)19-30(36(45-38)49-8)20-43-23-40(5,6)39(46)47/h10-11,14-19,24,43H,9,12-13,20-23H2,1-8H3,(H,46,47). The number of nitrogens with zero attached hydrogens (tertiary/aromatic N) is 2. The molecule has 51 heavy (non-hydrogen) atoms. The molecule has 2 aromatic heterocycles. The molecule has 0 fully saturated rings. The predicted octanol–water partition coefficient (Wildman–Crippen LogP) is 9.42. The van der Waals surface area contributed by atoms with Crippen molar-refractivity contribution in [3.05, 3.63) is 92.0 Å². The molecule has 0 unspecified atom stereocenters. The summed E-state index contributed by atoms with van der Waals surface area (Å²) in [7, 11) is 3.14. The minimum absolute atomic E-state index is 0.237. The highest BCUT2D eigenvalue weighted by atomic mass is 35.5. The van der Waals surface area contributed by atoms with Crippen LogP contribution in [0.25, 0.3) is 11.1 Å². The number of rotatable bonds is 18. The fraction of sp³-hybridized carbons (Fsp3) is 0.425. The lowest BCUT2D eigenvalue weighted by atomic mass is 9.92. The number of aromatic nitrogens is 2. The van der Waals surface area contributed by atoms with Gasteiger partial charge in [0.2, 0.25) is 23.5 Å². The topological polar surface area (TPSA) is 112 Å². The Morgan fingerprint density at radius 3 is 1.76 bits per heavy atom. The highest BCUT2D eigenvalue weighted by Gasteiger charge is 2.26. The van der Waals surface area contributed by atoms with Crippen molar-refractivity contribution >= 4 is 29.2 Å². The van der Waals surface area contributed by atoms with Crippen LogP contribution in [0, 0.1) is 25.2 Å². The zero-order chi connectivity index (χ0) is 37.3. The van der Waals surface area contributed by atoms with Crippen molar-refractivity contribution in [3.63, 3.8) is 0 Å². The van der Waals surface area contributed by atoms with E-state index in [4.69, 9.17) is 42.1 Å². The Hall–Kier alpha value is -4.05. The molecule has 0 aliphatic rings. The molecule has 0 aliphatic carbocycles. The number of carboxylic acids is 1. The number of aryl methyl sites for hydroxylation is 1. The SMILES string of the molecule is COc1nc(OCc2cccc(-c3cccc(COc4nc(OC)c(CNCC(C)(C)C(=O)O)cc4Cl)c3C)c2C)c(Cl)cc1CCCC(C)C. The van der Waals surface area contributed by atoms with E-state index in [1.165, 1.54) is 7.11 Å². The average Bonchev–Trinajstić information content (AvgIpc) is 3.08. The van der Waals surface area contributed by atoms with Gasteiger partial charge in [0.15, 0.2) is 0 Å². The second-order valence-corrected chi connectivity index (χ2v) is 14.5. The van der Waals surface area contributed by atoms with Crippen LogP contribution < -0.4 is 24.3 Å². The van der Waals surface area contributed by atoms with Crippen molar-refractivity contribution in [2.24, 2.45) is 11.3 Å². The van der Waals surface area contributed by atoms with Crippen LogP contribution >= 0.6 is 23.2 Å². The number of ether oxygens (including phenoxy) is 4. The number of benzene rings is 2. The van der Waals surface area contributed by atoms with Crippen LogP contribution in [0.4, 0.5) is 0 Å². The van der Waals surface area contributed by atoms with Gasteiger partial charge in [0, 0.05) is 24.2 Å². The molecule has 2 heterocycles. The Balaban J connectivity index is 1.47. The number of carbonyl (C=O) groups is 1. The monoisotopic (exact) mass is 737 g/mol. The molecule has 0 spiro atoms. The Bertz CT molecular complexity index is 1830. The van der Waals surface area contributed by atoms with Gasteiger partial charge in [0.25, 0.3) is 0 Å². The molecule has 0 saturated carbocycles. The van der Waals surface area contributed by atoms with E-state index < -0.39 is 11.4 Å². The third-order valence-electron chi connectivity index (χ3n) is 8.95. The lowest BCUT2D eigenvalue weighted by Gasteiger charge is -2.20. The highest BCUT2D eigenvalue weighted by molar-refractivity contribution is 6.32. The van der Waals surface area contributed by atoms with Gasteiger partial charge in [-0.25, -0.2) is 0 Å². The molecule has 4 aromatic rings. The largest absolute Gasteiger partial charge is 0.481 e. The first-order chi connectivity index (χ1) is 24.2.